The first-order valence-electron chi connectivity index (χ1n) is 5.40. The Morgan fingerprint density at radius 3 is 2.84 bits per heavy atom. The number of benzene rings is 1. The molecule has 0 amide bonds. The van der Waals surface area contributed by atoms with Crippen LogP contribution in [0.3, 0.4) is 0 Å². The van der Waals surface area contributed by atoms with E-state index in [0.29, 0.717) is 11.1 Å². The average molecular weight is 278 g/mol. The fourth-order valence-electron chi connectivity index (χ4n) is 1.72. The van der Waals surface area contributed by atoms with Gasteiger partial charge in [-0.1, -0.05) is 17.7 Å². The smallest absolute Gasteiger partial charge is 0.187 e. The summed E-state index contributed by atoms with van der Waals surface area (Å²) in [5, 5.41) is 13.1. The van der Waals surface area contributed by atoms with Crippen molar-refractivity contribution in [2.75, 3.05) is 0 Å². The highest BCUT2D eigenvalue weighted by molar-refractivity contribution is 6.31. The van der Waals surface area contributed by atoms with Crippen LogP contribution in [0.2, 0.25) is 5.02 Å². The van der Waals surface area contributed by atoms with Gasteiger partial charge in [0.2, 0.25) is 0 Å². The standard InChI is InChI=1S/C13H9ClFN3O/c1-18-7-8(6-17-18)13(19)11(5-16)10-3-2-9(15)4-12(10)14/h2-4,6-7,11H,1H3. The Morgan fingerprint density at radius 1 is 1.58 bits per heavy atom. The fraction of sp³-hybridized carbons (Fsp3) is 0.154. The molecule has 0 spiro atoms. The lowest BCUT2D eigenvalue weighted by atomic mass is 9.93. The van der Waals surface area contributed by atoms with Crippen molar-refractivity contribution in [1.82, 2.24) is 9.78 Å². The molecular formula is C13H9ClFN3O. The van der Waals surface area contributed by atoms with Crippen LogP contribution < -0.4 is 0 Å². The van der Waals surface area contributed by atoms with Crippen molar-refractivity contribution >= 4 is 17.4 Å². The molecule has 0 N–H and O–H groups in total. The molecule has 1 aromatic heterocycles. The van der Waals surface area contributed by atoms with Gasteiger partial charge in [0.1, 0.15) is 11.7 Å². The van der Waals surface area contributed by atoms with E-state index in [9.17, 15) is 9.18 Å². The van der Waals surface area contributed by atoms with Crippen molar-refractivity contribution in [3.05, 3.63) is 52.6 Å². The second kappa shape index (κ2) is 5.21. The van der Waals surface area contributed by atoms with E-state index in [-0.39, 0.29) is 5.02 Å². The summed E-state index contributed by atoms with van der Waals surface area (Å²) < 4.78 is 14.4. The molecule has 0 radical (unpaired) electrons. The first kappa shape index (κ1) is 13.2. The van der Waals surface area contributed by atoms with Crippen LogP contribution in [-0.2, 0) is 7.05 Å². The van der Waals surface area contributed by atoms with E-state index in [1.165, 1.54) is 29.2 Å². The Bertz CT molecular complexity index is 675. The Hall–Kier alpha value is -2.19. The fourth-order valence-corrected chi connectivity index (χ4v) is 2.00. The summed E-state index contributed by atoms with van der Waals surface area (Å²) in [6, 6.07) is 5.49. The van der Waals surface area contributed by atoms with Crippen LogP contribution in [0, 0.1) is 17.1 Å². The van der Waals surface area contributed by atoms with Crippen LogP contribution >= 0.6 is 11.6 Å². The van der Waals surface area contributed by atoms with Gasteiger partial charge in [0.25, 0.3) is 0 Å². The maximum absolute atomic E-state index is 13.0. The van der Waals surface area contributed by atoms with Gasteiger partial charge in [-0.2, -0.15) is 10.4 Å². The number of aryl methyl sites for hydroxylation is 1. The van der Waals surface area contributed by atoms with Gasteiger partial charge < -0.3 is 0 Å². The third-order valence-corrected chi connectivity index (χ3v) is 2.98. The van der Waals surface area contributed by atoms with Crippen LogP contribution in [0.15, 0.2) is 30.6 Å². The van der Waals surface area contributed by atoms with E-state index < -0.39 is 17.5 Å². The molecule has 4 nitrogen and oxygen atoms in total. The summed E-state index contributed by atoms with van der Waals surface area (Å²) in [6.45, 7) is 0. The Morgan fingerprint density at radius 2 is 2.32 bits per heavy atom. The van der Waals surface area contributed by atoms with Crippen molar-refractivity contribution in [3.8, 4) is 6.07 Å². The third-order valence-electron chi connectivity index (χ3n) is 2.65. The number of nitrogens with zero attached hydrogens (tertiary/aromatic N) is 3. The summed E-state index contributed by atoms with van der Waals surface area (Å²) in [5.41, 5.74) is 0.605. The molecule has 0 aliphatic heterocycles. The highest BCUT2D eigenvalue weighted by Gasteiger charge is 2.25. The van der Waals surface area contributed by atoms with Crippen molar-refractivity contribution in [1.29, 1.82) is 5.26 Å². The molecular weight excluding hydrogens is 269 g/mol. The Kier molecular flexibility index (Phi) is 3.63. The average Bonchev–Trinajstić information content (AvgIpc) is 2.79. The molecule has 2 aromatic rings. The number of hydrogen-bond donors (Lipinski definition) is 0. The molecule has 19 heavy (non-hydrogen) atoms. The number of ketones is 1. The van der Waals surface area contributed by atoms with Gasteiger partial charge in [-0.15, -0.1) is 0 Å². The van der Waals surface area contributed by atoms with Gasteiger partial charge in [0.15, 0.2) is 5.78 Å². The van der Waals surface area contributed by atoms with Crippen LogP contribution in [0.1, 0.15) is 21.8 Å². The van der Waals surface area contributed by atoms with E-state index in [4.69, 9.17) is 16.9 Å². The monoisotopic (exact) mass is 277 g/mol. The molecule has 1 aromatic carbocycles. The first-order valence-corrected chi connectivity index (χ1v) is 5.78. The molecule has 6 heteroatoms. The molecule has 0 aliphatic rings. The van der Waals surface area contributed by atoms with Crippen molar-refractivity contribution in [3.63, 3.8) is 0 Å². The molecule has 1 unspecified atom stereocenters. The van der Waals surface area contributed by atoms with Crippen LogP contribution in [-0.4, -0.2) is 15.6 Å². The summed E-state index contributed by atoms with van der Waals surface area (Å²) in [5.74, 6) is -2.00. The summed E-state index contributed by atoms with van der Waals surface area (Å²) in [4.78, 5) is 12.2. The molecule has 0 saturated carbocycles. The van der Waals surface area contributed by atoms with Gasteiger partial charge in [0, 0.05) is 18.3 Å². The SMILES string of the molecule is Cn1cc(C(=O)C(C#N)c2ccc(F)cc2Cl)cn1. The zero-order valence-corrected chi connectivity index (χ0v) is 10.7. The largest absolute Gasteiger partial charge is 0.292 e. The second-order valence-corrected chi connectivity index (χ2v) is 4.40. The number of nitriles is 1. The Balaban J connectivity index is 2.40. The minimum absolute atomic E-state index is 0.0591. The number of aromatic nitrogens is 2. The summed E-state index contributed by atoms with van der Waals surface area (Å²) >= 11 is 5.88. The van der Waals surface area contributed by atoms with E-state index >= 15 is 0 Å². The maximum Gasteiger partial charge on any atom is 0.187 e. The minimum Gasteiger partial charge on any atom is -0.292 e. The minimum atomic E-state index is -1.07. The van der Waals surface area contributed by atoms with Gasteiger partial charge in [-0.25, -0.2) is 4.39 Å². The van der Waals surface area contributed by atoms with Gasteiger partial charge in [-0.3, -0.25) is 9.48 Å². The van der Waals surface area contributed by atoms with Gasteiger partial charge in [0.05, 0.1) is 17.8 Å². The molecule has 0 aliphatic carbocycles. The lowest BCUT2D eigenvalue weighted by Crippen LogP contribution is -2.11. The van der Waals surface area contributed by atoms with Crippen molar-refractivity contribution in [2.24, 2.45) is 7.05 Å². The molecule has 2 rings (SSSR count). The van der Waals surface area contributed by atoms with E-state index in [0.717, 1.165) is 6.07 Å². The van der Waals surface area contributed by atoms with Crippen LogP contribution in [0.5, 0.6) is 0 Å². The topological polar surface area (TPSA) is 58.7 Å². The normalized spacial score (nSPS) is 11.9. The van der Waals surface area contributed by atoms with Crippen LogP contribution in [0.25, 0.3) is 0 Å². The van der Waals surface area contributed by atoms with Gasteiger partial charge in [-0.05, 0) is 17.7 Å². The Labute approximate surface area is 114 Å². The predicted octanol–water partition coefficient (Wildman–Crippen LogP) is 2.70. The molecule has 96 valence electrons. The third kappa shape index (κ3) is 2.64. The van der Waals surface area contributed by atoms with Gasteiger partial charge >= 0.3 is 0 Å². The highest BCUT2D eigenvalue weighted by atomic mass is 35.5. The number of rotatable bonds is 3. The molecule has 0 bridgehead atoms. The summed E-state index contributed by atoms with van der Waals surface area (Å²) in [7, 11) is 1.67. The van der Waals surface area contributed by atoms with E-state index in [1.807, 2.05) is 6.07 Å². The van der Waals surface area contributed by atoms with E-state index in [1.54, 1.807) is 7.05 Å². The molecule has 0 fully saturated rings. The highest BCUT2D eigenvalue weighted by Crippen LogP contribution is 2.27. The maximum atomic E-state index is 13.0. The number of Topliss-reactive ketones (excluding diaryl/α,β-unsaturated/α-hetero) is 1. The first-order chi connectivity index (χ1) is 9.02. The quantitative estimate of drug-likeness (QED) is 0.811. The lowest BCUT2D eigenvalue weighted by molar-refractivity contribution is 0.0978. The summed E-state index contributed by atoms with van der Waals surface area (Å²) in [6.07, 6.45) is 2.90. The molecule has 0 saturated heterocycles. The second-order valence-electron chi connectivity index (χ2n) is 3.99. The van der Waals surface area contributed by atoms with Crippen LogP contribution in [0.4, 0.5) is 4.39 Å². The number of halogens is 2. The predicted molar refractivity (Wildman–Crippen MR) is 67.3 cm³/mol. The molecule has 1 heterocycles. The molecule has 1 atom stereocenters. The van der Waals surface area contributed by atoms with Crippen molar-refractivity contribution in [2.45, 2.75) is 5.92 Å². The number of hydrogen-bond acceptors (Lipinski definition) is 3. The zero-order chi connectivity index (χ0) is 14.0. The zero-order valence-electron chi connectivity index (χ0n) is 9.97. The van der Waals surface area contributed by atoms with E-state index in [2.05, 4.69) is 5.10 Å². The number of carbonyl (C=O) groups excluding carboxylic acids is 1. The lowest BCUT2D eigenvalue weighted by Gasteiger charge is -2.09. The van der Waals surface area contributed by atoms with Crippen molar-refractivity contribution < 1.29 is 9.18 Å². The number of carbonyl (C=O) groups is 1.